The molecule has 9 rings (SSSR count). The average Bonchev–Trinajstić information content (AvgIpc) is 3.89. The van der Waals surface area contributed by atoms with Gasteiger partial charge in [0.05, 0.1) is 40.9 Å². The van der Waals surface area contributed by atoms with Crippen LogP contribution in [0.2, 0.25) is 0 Å². The number of hydrogen-bond donors (Lipinski definition) is 1. The molecule has 7 heterocycles. The number of hydrogen-bond acceptors (Lipinski definition) is 14. The molecule has 0 spiro atoms. The lowest BCUT2D eigenvalue weighted by molar-refractivity contribution is -0.168. The number of nitrogens with zero attached hydrogens (tertiary/aromatic N) is 8. The molecular weight excluding hydrogens is 926 g/mol. The number of anilines is 2. The van der Waals surface area contributed by atoms with E-state index in [2.05, 4.69) is 22.0 Å². The highest BCUT2D eigenvalue weighted by Crippen LogP contribution is 2.40. The normalized spacial score (nSPS) is 21.9. The predicted octanol–water partition coefficient (Wildman–Crippen LogP) is 7.82. The molecule has 16 nitrogen and oxygen atoms in total. The third-order valence-electron chi connectivity index (χ3n) is 15.6. The predicted molar refractivity (Wildman–Crippen MR) is 267 cm³/mol. The van der Waals surface area contributed by atoms with Crippen molar-refractivity contribution >= 4 is 46.3 Å². The van der Waals surface area contributed by atoms with Crippen LogP contribution in [0.25, 0.3) is 0 Å². The maximum atomic E-state index is 15.6. The number of carbonyl (C=O) groups is 4. The highest BCUT2D eigenvalue weighted by Gasteiger charge is 2.44. The van der Waals surface area contributed by atoms with Crippen LogP contribution < -0.4 is 15.0 Å². The molecule has 5 aliphatic heterocycles. The molecule has 71 heavy (non-hydrogen) atoms. The van der Waals surface area contributed by atoms with E-state index in [4.69, 9.17) is 29.4 Å². The smallest absolute Gasteiger partial charge is 0.312 e. The first-order valence-electron chi connectivity index (χ1n) is 26.3. The highest BCUT2D eigenvalue weighted by molar-refractivity contribution is 7.85. The third kappa shape index (κ3) is 11.7. The number of aromatic nitrogens is 4. The van der Waals surface area contributed by atoms with Gasteiger partial charge in [-0.3, -0.25) is 23.4 Å². The second-order valence-corrected chi connectivity index (χ2v) is 23.5. The third-order valence-corrected chi connectivity index (χ3v) is 17.1. The van der Waals surface area contributed by atoms with E-state index in [1.165, 1.54) is 43.1 Å². The minimum absolute atomic E-state index is 0.0184. The van der Waals surface area contributed by atoms with Crippen LogP contribution in [0.1, 0.15) is 175 Å². The van der Waals surface area contributed by atoms with Gasteiger partial charge in [0.25, 0.3) is 11.8 Å². The fourth-order valence-corrected chi connectivity index (χ4v) is 12.3. The van der Waals surface area contributed by atoms with Crippen molar-refractivity contribution in [2.45, 2.75) is 172 Å². The number of esters is 1. The number of imide groups is 1. The van der Waals surface area contributed by atoms with Crippen molar-refractivity contribution in [3.8, 4) is 5.75 Å². The molecule has 1 N–H and O–H groups in total. The molecule has 3 amide bonds. The van der Waals surface area contributed by atoms with Gasteiger partial charge in [-0.25, -0.2) is 24.2 Å². The first kappa shape index (κ1) is 50.8. The lowest BCUT2D eigenvalue weighted by Crippen LogP contribution is -2.55. The molecule has 0 bridgehead atoms. The first-order chi connectivity index (χ1) is 34.1. The summed E-state index contributed by atoms with van der Waals surface area (Å²) in [5, 5.41) is 3.64. The maximum absolute atomic E-state index is 15.6. The Morgan fingerprint density at radius 1 is 0.887 bits per heavy atom. The van der Waals surface area contributed by atoms with Crippen molar-refractivity contribution in [2.75, 3.05) is 62.0 Å². The van der Waals surface area contributed by atoms with Gasteiger partial charge in [-0.15, -0.1) is 0 Å². The van der Waals surface area contributed by atoms with E-state index in [1.54, 1.807) is 20.8 Å². The molecule has 384 valence electrons. The molecule has 1 aliphatic carbocycles. The Balaban J connectivity index is 0.626. The van der Waals surface area contributed by atoms with Crippen molar-refractivity contribution in [3.05, 3.63) is 58.6 Å². The number of nitrogens with one attached hydrogen (secondary N) is 1. The van der Waals surface area contributed by atoms with Crippen LogP contribution in [0.3, 0.4) is 0 Å². The number of carbonyl (C=O) groups excluding carboxylic acids is 4. The Kier molecular flexibility index (Phi) is 15.7. The average molecular weight is 998 g/mol. The Hall–Kier alpha value is -5.10. The molecule has 18 heteroatoms. The first-order valence-corrected chi connectivity index (χ1v) is 27.6. The summed E-state index contributed by atoms with van der Waals surface area (Å²) in [5.74, 6) is 1.64. The van der Waals surface area contributed by atoms with Crippen molar-refractivity contribution in [2.24, 2.45) is 5.41 Å². The van der Waals surface area contributed by atoms with Gasteiger partial charge in [0.2, 0.25) is 11.9 Å². The SMILES string of the molecule is CC1(Nc2nc(N3CCC(c4ncc(OCCCCCCCCCN5CCC(c6cc7c(cc6F)C(=O)N(C6CCC(=O)N(COC(=O)C(C)(C)C)C6=O)C7)CC5)cn4)CC3)nc3c2S(=O)CC3)CCC1. The summed E-state index contributed by atoms with van der Waals surface area (Å²) in [7, 11) is -1.04. The molecule has 0 radical (unpaired) electrons. The molecule has 4 fully saturated rings. The van der Waals surface area contributed by atoms with Crippen LogP contribution >= 0.6 is 0 Å². The molecule has 3 saturated heterocycles. The number of aryl methyl sites for hydroxylation is 1. The number of unbranched alkanes of at least 4 members (excludes halogenated alkanes) is 6. The van der Waals surface area contributed by atoms with E-state index >= 15 is 4.39 Å². The van der Waals surface area contributed by atoms with Gasteiger partial charge in [-0.05, 0) is 135 Å². The van der Waals surface area contributed by atoms with Gasteiger partial charge in [-0.2, -0.15) is 4.98 Å². The zero-order valence-electron chi connectivity index (χ0n) is 42.1. The van der Waals surface area contributed by atoms with E-state index in [0.29, 0.717) is 29.2 Å². The van der Waals surface area contributed by atoms with Crippen LogP contribution in [0.15, 0.2) is 29.4 Å². The minimum Gasteiger partial charge on any atom is -0.490 e. The maximum Gasteiger partial charge on any atom is 0.312 e. The minimum atomic E-state index is -1.04. The van der Waals surface area contributed by atoms with E-state index in [9.17, 15) is 23.4 Å². The number of amides is 3. The number of rotatable bonds is 19. The van der Waals surface area contributed by atoms with Crippen LogP contribution in [-0.2, 0) is 42.9 Å². The topological polar surface area (TPSA) is 180 Å². The summed E-state index contributed by atoms with van der Waals surface area (Å²) in [4.78, 5) is 79.0. The largest absolute Gasteiger partial charge is 0.490 e. The Labute approximate surface area is 420 Å². The number of benzene rings is 1. The van der Waals surface area contributed by atoms with Crippen molar-refractivity contribution in [3.63, 3.8) is 0 Å². The van der Waals surface area contributed by atoms with Gasteiger partial charge in [0.1, 0.15) is 28.4 Å². The number of ether oxygens (including phenoxy) is 2. The second kappa shape index (κ2) is 21.9. The van der Waals surface area contributed by atoms with Crippen LogP contribution in [0.4, 0.5) is 16.2 Å². The summed E-state index contributed by atoms with van der Waals surface area (Å²) in [5.41, 5.74) is 1.74. The van der Waals surface area contributed by atoms with Crippen molar-refractivity contribution in [1.29, 1.82) is 0 Å². The summed E-state index contributed by atoms with van der Waals surface area (Å²) in [6.07, 6.45) is 19.5. The van der Waals surface area contributed by atoms with Crippen LogP contribution in [-0.4, -0.2) is 126 Å². The van der Waals surface area contributed by atoms with Crippen molar-refractivity contribution < 1.29 is 37.3 Å². The highest BCUT2D eigenvalue weighted by atomic mass is 32.2. The summed E-state index contributed by atoms with van der Waals surface area (Å²) in [6.45, 7) is 12.1. The molecule has 2 atom stereocenters. The van der Waals surface area contributed by atoms with E-state index in [-0.39, 0.29) is 48.1 Å². The fraction of sp³-hybridized carbons (Fsp3) is 0.660. The second-order valence-electron chi connectivity index (χ2n) is 22.0. The fourth-order valence-electron chi connectivity index (χ4n) is 11.0. The summed E-state index contributed by atoms with van der Waals surface area (Å²) in [6, 6.07) is 2.25. The van der Waals surface area contributed by atoms with E-state index in [1.807, 2.05) is 18.5 Å². The number of halogens is 1. The van der Waals surface area contributed by atoms with Gasteiger partial charge >= 0.3 is 5.97 Å². The van der Waals surface area contributed by atoms with Crippen molar-refractivity contribution in [1.82, 2.24) is 34.6 Å². The molecule has 6 aliphatic rings. The van der Waals surface area contributed by atoms with Gasteiger partial charge in [0.15, 0.2) is 12.5 Å². The Bertz CT molecular complexity index is 2470. The van der Waals surface area contributed by atoms with Crippen LogP contribution in [0, 0.1) is 11.2 Å². The van der Waals surface area contributed by atoms with E-state index in [0.717, 1.165) is 130 Å². The van der Waals surface area contributed by atoms with Gasteiger partial charge < -0.3 is 29.5 Å². The van der Waals surface area contributed by atoms with E-state index < -0.39 is 52.7 Å². The Morgan fingerprint density at radius 2 is 1.58 bits per heavy atom. The van der Waals surface area contributed by atoms with Gasteiger partial charge in [0, 0.05) is 55.2 Å². The van der Waals surface area contributed by atoms with Crippen LogP contribution in [0.5, 0.6) is 5.75 Å². The Morgan fingerprint density at radius 3 is 2.27 bits per heavy atom. The number of likely N-dealkylation sites (tertiary alicyclic amines) is 2. The standard InChI is InChI=1S/C53H72FN9O7S/c1-52(2,3)50(67)70-34-63-44(64)14-13-43(49(63)66)62-33-37-29-39(41(54)30-40(37)48(62)65)35-15-23-60(24-16-35)22-10-8-6-5-7-9-11-27-69-38-31-55-46(56-32-38)36-17-25-61(26-18-36)51-57-42-19-28-71(68)45(42)47(58-51)59-53(4)20-12-21-53/h29-32,35-36,43H,5-28,33-34H2,1-4H3,(H,57,58,59). The molecule has 3 aromatic rings. The zero-order valence-corrected chi connectivity index (χ0v) is 43.0. The summed E-state index contributed by atoms with van der Waals surface area (Å²) >= 11 is 0. The summed E-state index contributed by atoms with van der Waals surface area (Å²) < 4.78 is 39.7. The molecule has 1 saturated carbocycles. The molecule has 2 unspecified atom stereocenters. The molecular formula is C53H72FN9O7S. The zero-order chi connectivity index (χ0) is 49.9. The number of piperidine rings is 3. The lowest BCUT2D eigenvalue weighted by Gasteiger charge is -2.40. The quantitative estimate of drug-likeness (QED) is 0.0698. The molecule has 2 aromatic heterocycles. The lowest BCUT2D eigenvalue weighted by atomic mass is 9.78. The number of fused-ring (bicyclic) bond motifs is 2. The molecule has 1 aromatic carbocycles. The monoisotopic (exact) mass is 998 g/mol. The van der Waals surface area contributed by atoms with Gasteiger partial charge in [-0.1, -0.05) is 38.2 Å².